The maximum Gasteiger partial charge on any atom is 0.309 e. The Morgan fingerprint density at radius 3 is 2.48 bits per heavy atom. The summed E-state index contributed by atoms with van der Waals surface area (Å²) >= 11 is 2.45. The molecule has 25 heavy (non-hydrogen) atoms. The van der Waals surface area contributed by atoms with Gasteiger partial charge in [-0.05, 0) is 17.5 Å². The number of ketones is 1. The van der Waals surface area contributed by atoms with Crippen molar-refractivity contribution in [1.82, 2.24) is 4.98 Å². The van der Waals surface area contributed by atoms with E-state index in [1.165, 1.54) is 11.3 Å². The van der Waals surface area contributed by atoms with Gasteiger partial charge in [0.05, 0.1) is 22.6 Å². The van der Waals surface area contributed by atoms with Crippen molar-refractivity contribution in [3.05, 3.63) is 68.9 Å². The number of aliphatic carboxylic acids is 1. The van der Waals surface area contributed by atoms with E-state index < -0.39 is 11.9 Å². The maximum absolute atomic E-state index is 12.6. The lowest BCUT2D eigenvalue weighted by Crippen LogP contribution is -2.16. The van der Waals surface area contributed by atoms with Crippen molar-refractivity contribution in [3.8, 4) is 0 Å². The molecule has 3 aromatic rings. The van der Waals surface area contributed by atoms with Crippen molar-refractivity contribution < 1.29 is 19.5 Å². The largest absolute Gasteiger partial charge is 0.481 e. The number of amides is 1. The first kappa shape index (κ1) is 17.0. The standard InChI is InChI=1S/C17H12N2O4S2/c20-14(21)8-10-9-25-17(18-10)19-16(23)12-5-2-1-4-11(12)15(22)13-6-3-7-24-13/h1-7,9H,8H2,(H,20,21)(H,18,19,23). The van der Waals surface area contributed by atoms with Crippen LogP contribution < -0.4 is 5.32 Å². The molecule has 0 aliphatic rings. The summed E-state index contributed by atoms with van der Waals surface area (Å²) in [5.41, 5.74) is 0.927. The van der Waals surface area contributed by atoms with Crippen LogP contribution in [-0.2, 0) is 11.2 Å². The van der Waals surface area contributed by atoms with Gasteiger partial charge < -0.3 is 5.11 Å². The number of thiazole rings is 1. The van der Waals surface area contributed by atoms with Crippen LogP contribution in [0, 0.1) is 0 Å². The second kappa shape index (κ2) is 7.37. The topological polar surface area (TPSA) is 96.4 Å². The van der Waals surface area contributed by atoms with Gasteiger partial charge in [-0.15, -0.1) is 22.7 Å². The van der Waals surface area contributed by atoms with Crippen LogP contribution in [0.5, 0.6) is 0 Å². The van der Waals surface area contributed by atoms with Crippen LogP contribution in [0.15, 0.2) is 47.2 Å². The predicted molar refractivity (Wildman–Crippen MR) is 95.6 cm³/mol. The van der Waals surface area contributed by atoms with Crippen LogP contribution >= 0.6 is 22.7 Å². The Morgan fingerprint density at radius 2 is 1.80 bits per heavy atom. The van der Waals surface area contributed by atoms with Gasteiger partial charge >= 0.3 is 5.97 Å². The number of aromatic nitrogens is 1. The Balaban J connectivity index is 1.82. The summed E-state index contributed by atoms with van der Waals surface area (Å²) in [4.78, 5) is 40.4. The smallest absolute Gasteiger partial charge is 0.309 e. The summed E-state index contributed by atoms with van der Waals surface area (Å²) in [7, 11) is 0. The number of benzene rings is 1. The fraction of sp³-hybridized carbons (Fsp3) is 0.0588. The molecule has 0 atom stereocenters. The lowest BCUT2D eigenvalue weighted by atomic mass is 10.0. The number of thiophene rings is 1. The van der Waals surface area contributed by atoms with Crippen molar-refractivity contribution in [2.24, 2.45) is 0 Å². The predicted octanol–water partition coefficient (Wildman–Crippen LogP) is 3.32. The van der Waals surface area contributed by atoms with Crippen molar-refractivity contribution in [2.75, 3.05) is 5.32 Å². The van der Waals surface area contributed by atoms with E-state index in [1.807, 2.05) is 0 Å². The number of carboxylic acid groups (broad SMARTS) is 1. The molecule has 1 aromatic carbocycles. The highest BCUT2D eigenvalue weighted by Gasteiger charge is 2.19. The molecule has 8 heteroatoms. The number of hydrogen-bond donors (Lipinski definition) is 2. The molecule has 0 unspecified atom stereocenters. The highest BCUT2D eigenvalue weighted by Crippen LogP contribution is 2.21. The number of hydrogen-bond acceptors (Lipinski definition) is 6. The Kier molecular flexibility index (Phi) is 5.01. The van der Waals surface area contributed by atoms with Crippen molar-refractivity contribution in [1.29, 1.82) is 0 Å². The van der Waals surface area contributed by atoms with Crippen LogP contribution in [-0.4, -0.2) is 27.8 Å². The average Bonchev–Trinajstić information content (AvgIpc) is 3.26. The van der Waals surface area contributed by atoms with Crippen LogP contribution in [0.25, 0.3) is 0 Å². The Labute approximate surface area is 150 Å². The molecule has 1 amide bonds. The van der Waals surface area contributed by atoms with Gasteiger partial charge in [0.2, 0.25) is 5.78 Å². The number of anilines is 1. The third-order valence-electron chi connectivity index (χ3n) is 3.27. The van der Waals surface area contributed by atoms with Crippen LogP contribution in [0.2, 0.25) is 0 Å². The normalized spacial score (nSPS) is 10.4. The molecular weight excluding hydrogens is 360 g/mol. The zero-order valence-corrected chi connectivity index (χ0v) is 14.4. The van der Waals surface area contributed by atoms with E-state index >= 15 is 0 Å². The second-order valence-electron chi connectivity index (χ2n) is 5.02. The monoisotopic (exact) mass is 372 g/mol. The van der Waals surface area contributed by atoms with E-state index in [-0.39, 0.29) is 17.8 Å². The van der Waals surface area contributed by atoms with E-state index in [4.69, 9.17) is 5.11 Å². The van der Waals surface area contributed by atoms with Gasteiger partial charge in [-0.2, -0.15) is 0 Å². The molecule has 0 bridgehead atoms. The molecule has 0 aliphatic carbocycles. The lowest BCUT2D eigenvalue weighted by Gasteiger charge is -2.07. The van der Waals surface area contributed by atoms with Crippen LogP contribution in [0.3, 0.4) is 0 Å². The molecule has 0 saturated heterocycles. The fourth-order valence-corrected chi connectivity index (χ4v) is 3.57. The minimum Gasteiger partial charge on any atom is -0.481 e. The van der Waals surface area contributed by atoms with Crippen molar-refractivity contribution in [2.45, 2.75) is 6.42 Å². The van der Waals surface area contributed by atoms with Gasteiger partial charge in [-0.25, -0.2) is 4.98 Å². The van der Waals surface area contributed by atoms with Gasteiger partial charge in [0.1, 0.15) is 0 Å². The van der Waals surface area contributed by atoms with E-state index in [9.17, 15) is 14.4 Å². The number of carbonyl (C=O) groups is 3. The maximum atomic E-state index is 12.6. The van der Waals surface area contributed by atoms with Gasteiger partial charge in [0.15, 0.2) is 5.13 Å². The number of carboxylic acids is 1. The highest BCUT2D eigenvalue weighted by atomic mass is 32.1. The number of nitrogens with one attached hydrogen (secondary N) is 1. The van der Waals surface area contributed by atoms with Gasteiger partial charge in [-0.1, -0.05) is 24.3 Å². The van der Waals surface area contributed by atoms with Gasteiger partial charge in [-0.3, -0.25) is 19.7 Å². The summed E-state index contributed by atoms with van der Waals surface area (Å²) < 4.78 is 0. The third kappa shape index (κ3) is 3.98. The van der Waals surface area contributed by atoms with Gasteiger partial charge in [0.25, 0.3) is 5.91 Å². The first-order valence-electron chi connectivity index (χ1n) is 7.19. The zero-order chi connectivity index (χ0) is 17.8. The van der Waals surface area contributed by atoms with E-state index in [1.54, 1.807) is 47.2 Å². The number of nitrogens with zero attached hydrogens (tertiary/aromatic N) is 1. The molecule has 3 rings (SSSR count). The van der Waals surface area contributed by atoms with E-state index in [2.05, 4.69) is 10.3 Å². The number of carbonyl (C=O) groups excluding carboxylic acids is 2. The lowest BCUT2D eigenvalue weighted by molar-refractivity contribution is -0.136. The highest BCUT2D eigenvalue weighted by molar-refractivity contribution is 7.14. The Hall–Kier alpha value is -2.84. The fourth-order valence-electron chi connectivity index (χ4n) is 2.18. The second-order valence-corrected chi connectivity index (χ2v) is 6.83. The van der Waals surface area contributed by atoms with E-state index in [0.29, 0.717) is 21.3 Å². The zero-order valence-electron chi connectivity index (χ0n) is 12.8. The Morgan fingerprint density at radius 1 is 1.04 bits per heavy atom. The van der Waals surface area contributed by atoms with Crippen molar-refractivity contribution in [3.63, 3.8) is 0 Å². The summed E-state index contributed by atoms with van der Waals surface area (Å²) in [6.07, 6.45) is -0.209. The molecular formula is C17H12N2O4S2. The first-order chi connectivity index (χ1) is 12.0. The molecule has 2 aromatic heterocycles. The SMILES string of the molecule is O=C(O)Cc1csc(NC(=O)c2ccccc2C(=O)c2cccs2)n1. The summed E-state index contributed by atoms with van der Waals surface area (Å²) in [6.45, 7) is 0. The molecule has 0 fully saturated rings. The average molecular weight is 372 g/mol. The first-order valence-corrected chi connectivity index (χ1v) is 8.95. The van der Waals surface area contributed by atoms with Crippen LogP contribution in [0.1, 0.15) is 31.3 Å². The molecule has 126 valence electrons. The van der Waals surface area contributed by atoms with Gasteiger partial charge in [0, 0.05) is 10.9 Å². The molecule has 6 nitrogen and oxygen atoms in total. The van der Waals surface area contributed by atoms with Crippen LogP contribution in [0.4, 0.5) is 5.13 Å². The number of rotatable bonds is 6. The Bertz CT molecular complexity index is 932. The molecule has 0 spiro atoms. The van der Waals surface area contributed by atoms with Crippen molar-refractivity contribution >= 4 is 45.5 Å². The molecule has 2 heterocycles. The molecule has 0 radical (unpaired) electrons. The minimum atomic E-state index is -0.991. The minimum absolute atomic E-state index is 0.209. The molecule has 2 N–H and O–H groups in total. The quantitative estimate of drug-likeness (QED) is 0.647. The molecule has 0 aliphatic heterocycles. The summed E-state index contributed by atoms with van der Waals surface area (Å²) in [5, 5.41) is 15.1. The molecule has 0 saturated carbocycles. The van der Waals surface area contributed by atoms with E-state index in [0.717, 1.165) is 11.3 Å². The summed E-state index contributed by atoms with van der Waals surface area (Å²) in [5.74, 6) is -1.67. The summed E-state index contributed by atoms with van der Waals surface area (Å²) in [6, 6.07) is 10.0. The third-order valence-corrected chi connectivity index (χ3v) is 4.94.